The Morgan fingerprint density at radius 1 is 0.846 bits per heavy atom. The van der Waals surface area contributed by atoms with E-state index in [-0.39, 0.29) is 6.54 Å². The van der Waals surface area contributed by atoms with Crippen LogP contribution in [0.3, 0.4) is 0 Å². The van der Waals surface area contributed by atoms with Gasteiger partial charge >= 0.3 is 6.09 Å². The Morgan fingerprint density at radius 3 is 1.79 bits per heavy atom. The van der Waals surface area contributed by atoms with Crippen molar-refractivity contribution in [2.45, 2.75) is 51.3 Å². The van der Waals surface area contributed by atoms with Gasteiger partial charge in [-0.2, -0.15) is 0 Å². The number of piperazine rings is 2. The SMILES string of the molecule is CC(C)(C)OC(=O)N1CCN(c2ccc(Br)cc2)C(C(F)F)C1.FC(F)C1CNCCN1c1ccc(Br)cc1. The normalized spacial score (nSPS) is 20.1. The van der Waals surface area contributed by atoms with E-state index >= 15 is 0 Å². The molecule has 6 nitrogen and oxygen atoms in total. The molecular formula is C27H34Br2F4N4O2. The Kier molecular flexibility index (Phi) is 11.3. The van der Waals surface area contributed by atoms with Crippen LogP contribution in [0.25, 0.3) is 0 Å². The van der Waals surface area contributed by atoms with E-state index in [1.807, 2.05) is 36.4 Å². The lowest BCUT2D eigenvalue weighted by atomic mass is 10.1. The van der Waals surface area contributed by atoms with Gasteiger partial charge in [-0.3, -0.25) is 0 Å². The first kappa shape index (κ1) is 31.5. The molecule has 4 rings (SSSR count). The first-order chi connectivity index (χ1) is 18.4. The van der Waals surface area contributed by atoms with Crippen LogP contribution in [-0.2, 0) is 4.74 Å². The van der Waals surface area contributed by atoms with Gasteiger partial charge in [0.25, 0.3) is 12.9 Å². The van der Waals surface area contributed by atoms with Crippen molar-refractivity contribution in [3.05, 3.63) is 57.5 Å². The number of alkyl halides is 4. The number of amides is 1. The van der Waals surface area contributed by atoms with Gasteiger partial charge in [0.1, 0.15) is 17.7 Å². The molecule has 12 heteroatoms. The second kappa shape index (κ2) is 14.0. The Bertz CT molecular complexity index is 1060. The number of ether oxygens (including phenoxy) is 1. The number of anilines is 2. The summed E-state index contributed by atoms with van der Waals surface area (Å²) in [5, 5.41) is 3.00. The third kappa shape index (κ3) is 9.24. The highest BCUT2D eigenvalue weighted by Gasteiger charge is 2.37. The van der Waals surface area contributed by atoms with Gasteiger partial charge in [-0.15, -0.1) is 0 Å². The van der Waals surface area contributed by atoms with Crippen molar-refractivity contribution in [2.24, 2.45) is 0 Å². The molecular weight excluding hydrogens is 648 g/mol. The first-order valence-electron chi connectivity index (χ1n) is 12.6. The van der Waals surface area contributed by atoms with Gasteiger partial charge in [-0.1, -0.05) is 31.9 Å². The maximum atomic E-state index is 13.5. The molecule has 2 aromatic rings. The summed E-state index contributed by atoms with van der Waals surface area (Å²) in [5.74, 6) is 0. The van der Waals surface area contributed by atoms with Gasteiger partial charge in [-0.25, -0.2) is 22.4 Å². The predicted octanol–water partition coefficient (Wildman–Crippen LogP) is 6.63. The predicted molar refractivity (Wildman–Crippen MR) is 153 cm³/mol. The van der Waals surface area contributed by atoms with Gasteiger partial charge in [0, 0.05) is 59.6 Å². The Labute approximate surface area is 243 Å². The van der Waals surface area contributed by atoms with Gasteiger partial charge in [0.2, 0.25) is 0 Å². The zero-order chi connectivity index (χ0) is 28.7. The summed E-state index contributed by atoms with van der Waals surface area (Å²) in [4.78, 5) is 16.9. The maximum absolute atomic E-state index is 13.5. The standard InChI is InChI=1S/C16H21BrF2N2O2.C11H13BrF2N2/c1-16(2,3)23-15(22)20-8-9-21(13(10-20)14(18)19)12-6-4-11(17)5-7-12;12-8-1-3-9(4-2-8)16-6-5-15-7-10(16)11(13)14/h4-7,13-14H,8-10H2,1-3H3;1-4,10-11,15H,5-7H2. The molecule has 0 aromatic heterocycles. The summed E-state index contributed by atoms with van der Waals surface area (Å²) < 4.78 is 59.8. The van der Waals surface area contributed by atoms with Gasteiger partial charge in [0.05, 0.1) is 0 Å². The summed E-state index contributed by atoms with van der Waals surface area (Å²) >= 11 is 6.67. The molecule has 0 spiro atoms. The molecule has 2 heterocycles. The lowest BCUT2D eigenvalue weighted by molar-refractivity contribution is 0.0121. The average molecular weight is 682 g/mol. The molecule has 0 aliphatic carbocycles. The summed E-state index contributed by atoms with van der Waals surface area (Å²) in [6.45, 7) is 7.63. The molecule has 2 unspecified atom stereocenters. The van der Waals surface area contributed by atoms with Crippen molar-refractivity contribution >= 4 is 49.3 Å². The van der Waals surface area contributed by atoms with E-state index in [0.29, 0.717) is 26.2 Å². The molecule has 1 amide bonds. The number of hydrogen-bond acceptors (Lipinski definition) is 5. The van der Waals surface area contributed by atoms with Crippen LogP contribution in [0.4, 0.5) is 33.7 Å². The van der Waals surface area contributed by atoms with E-state index < -0.39 is 36.6 Å². The number of nitrogens with zero attached hydrogens (tertiary/aromatic N) is 3. The van der Waals surface area contributed by atoms with Crippen LogP contribution in [0, 0.1) is 0 Å². The topological polar surface area (TPSA) is 48.1 Å². The minimum atomic E-state index is -2.55. The van der Waals surface area contributed by atoms with Crippen molar-refractivity contribution in [3.63, 3.8) is 0 Å². The summed E-state index contributed by atoms with van der Waals surface area (Å²) in [7, 11) is 0. The number of carbonyl (C=O) groups excluding carboxylic acids is 1. The summed E-state index contributed by atoms with van der Waals surface area (Å²) in [5.41, 5.74) is 0.942. The van der Waals surface area contributed by atoms with E-state index in [4.69, 9.17) is 4.74 Å². The number of hydrogen-bond donors (Lipinski definition) is 1. The molecule has 2 saturated heterocycles. The molecule has 1 N–H and O–H groups in total. The fraction of sp³-hybridized carbons (Fsp3) is 0.519. The molecule has 2 aromatic carbocycles. The molecule has 39 heavy (non-hydrogen) atoms. The van der Waals surface area contributed by atoms with Gasteiger partial charge in [-0.05, 0) is 69.3 Å². The number of halogens is 6. The smallest absolute Gasteiger partial charge is 0.410 e. The minimum absolute atomic E-state index is 0.0529. The summed E-state index contributed by atoms with van der Waals surface area (Å²) in [6, 6.07) is 12.9. The number of carbonyl (C=O) groups is 1. The molecule has 2 fully saturated rings. The quantitative estimate of drug-likeness (QED) is 0.367. The fourth-order valence-corrected chi connectivity index (χ4v) is 4.90. The number of benzene rings is 2. The van der Waals surface area contributed by atoms with Crippen LogP contribution in [0.1, 0.15) is 20.8 Å². The minimum Gasteiger partial charge on any atom is -0.444 e. The molecule has 2 atom stereocenters. The summed E-state index contributed by atoms with van der Waals surface area (Å²) in [6.07, 6.45) is -5.42. The molecule has 2 aliphatic rings. The third-order valence-electron chi connectivity index (χ3n) is 6.25. The highest BCUT2D eigenvalue weighted by molar-refractivity contribution is 9.10. The molecule has 216 valence electrons. The average Bonchev–Trinajstić information content (AvgIpc) is 2.88. The van der Waals surface area contributed by atoms with Crippen LogP contribution in [-0.4, -0.2) is 80.8 Å². The number of nitrogens with one attached hydrogen (secondary N) is 1. The molecule has 0 bridgehead atoms. The zero-order valence-electron chi connectivity index (χ0n) is 22.1. The Balaban J connectivity index is 0.000000230. The maximum Gasteiger partial charge on any atom is 0.410 e. The van der Waals surface area contributed by atoms with E-state index in [9.17, 15) is 22.4 Å². The van der Waals surface area contributed by atoms with Crippen molar-refractivity contribution < 1.29 is 27.1 Å². The van der Waals surface area contributed by atoms with Gasteiger partial charge < -0.3 is 24.8 Å². The van der Waals surface area contributed by atoms with Crippen LogP contribution in [0.15, 0.2) is 57.5 Å². The zero-order valence-corrected chi connectivity index (χ0v) is 25.3. The number of rotatable bonds is 4. The Hall–Kier alpha value is -2.05. The van der Waals surface area contributed by atoms with Gasteiger partial charge in [0.15, 0.2) is 0 Å². The lowest BCUT2D eigenvalue weighted by Crippen LogP contribution is -2.58. The van der Waals surface area contributed by atoms with Crippen molar-refractivity contribution in [1.82, 2.24) is 10.2 Å². The first-order valence-corrected chi connectivity index (χ1v) is 14.2. The van der Waals surface area contributed by atoms with E-state index in [1.54, 1.807) is 42.7 Å². The van der Waals surface area contributed by atoms with Crippen LogP contribution < -0.4 is 15.1 Å². The largest absolute Gasteiger partial charge is 0.444 e. The molecule has 0 saturated carbocycles. The van der Waals surface area contributed by atoms with E-state index in [1.165, 1.54) is 4.90 Å². The highest BCUT2D eigenvalue weighted by Crippen LogP contribution is 2.27. The van der Waals surface area contributed by atoms with E-state index in [2.05, 4.69) is 37.2 Å². The third-order valence-corrected chi connectivity index (χ3v) is 7.31. The second-order valence-corrected chi connectivity index (χ2v) is 12.1. The lowest BCUT2D eigenvalue weighted by Gasteiger charge is -2.42. The van der Waals surface area contributed by atoms with Crippen LogP contribution in [0.2, 0.25) is 0 Å². The molecule has 0 radical (unpaired) electrons. The molecule has 2 aliphatic heterocycles. The van der Waals surface area contributed by atoms with E-state index in [0.717, 1.165) is 26.9 Å². The Morgan fingerprint density at radius 2 is 1.33 bits per heavy atom. The van der Waals surface area contributed by atoms with Crippen molar-refractivity contribution in [3.8, 4) is 0 Å². The highest BCUT2D eigenvalue weighted by atomic mass is 79.9. The van der Waals surface area contributed by atoms with Crippen molar-refractivity contribution in [1.29, 1.82) is 0 Å². The monoisotopic (exact) mass is 680 g/mol. The second-order valence-electron chi connectivity index (χ2n) is 10.3. The van der Waals surface area contributed by atoms with Crippen LogP contribution >= 0.6 is 31.9 Å². The fourth-order valence-electron chi connectivity index (χ4n) is 4.37. The van der Waals surface area contributed by atoms with Crippen LogP contribution in [0.5, 0.6) is 0 Å². The van der Waals surface area contributed by atoms with Crippen molar-refractivity contribution in [2.75, 3.05) is 49.1 Å².